The van der Waals surface area contributed by atoms with Crippen molar-refractivity contribution in [3.63, 3.8) is 0 Å². The highest BCUT2D eigenvalue weighted by Crippen LogP contribution is 2.42. The van der Waals surface area contributed by atoms with Crippen molar-refractivity contribution < 1.29 is 14.5 Å². The van der Waals surface area contributed by atoms with Crippen LogP contribution in [-0.2, 0) is 4.79 Å². The van der Waals surface area contributed by atoms with Gasteiger partial charge in [-0.1, -0.05) is 29.8 Å². The van der Waals surface area contributed by atoms with Crippen LogP contribution in [0.25, 0.3) is 10.9 Å². The molecule has 4 N–H and O–H groups in total. The summed E-state index contributed by atoms with van der Waals surface area (Å²) in [5, 5.41) is 14.2. The van der Waals surface area contributed by atoms with Crippen molar-refractivity contribution in [1.82, 2.24) is 4.98 Å². The number of aliphatic carboxylic acids is 1. The van der Waals surface area contributed by atoms with Crippen molar-refractivity contribution in [3.8, 4) is 0 Å². The highest BCUT2D eigenvalue weighted by atomic mass is 35.5. The Kier molecular flexibility index (Phi) is 5.87. The van der Waals surface area contributed by atoms with E-state index in [1.54, 1.807) is 18.6 Å². The number of carboxylic acid groups (broad SMARTS) is 1. The fourth-order valence-electron chi connectivity index (χ4n) is 5.35. The largest absolute Gasteiger partial charge is 0.481 e. The molecule has 0 bridgehead atoms. The Morgan fingerprint density at radius 2 is 1.86 bits per heavy atom. The van der Waals surface area contributed by atoms with Crippen LogP contribution in [0.5, 0.6) is 0 Å². The van der Waals surface area contributed by atoms with Gasteiger partial charge < -0.3 is 10.4 Å². The fourth-order valence-corrected chi connectivity index (χ4v) is 5.61. The number of anilines is 2. The van der Waals surface area contributed by atoms with E-state index in [1.165, 1.54) is 0 Å². The van der Waals surface area contributed by atoms with Crippen molar-refractivity contribution in [1.29, 1.82) is 0 Å². The van der Waals surface area contributed by atoms with Crippen LogP contribution in [-0.4, -0.2) is 32.7 Å². The molecule has 0 spiro atoms. The molecule has 9 heteroatoms. The third-order valence-corrected chi connectivity index (χ3v) is 7.66. The normalized spacial score (nSPS) is 24.8. The minimum atomic E-state index is -0.727. The number of para-hydroxylation sites is 1. The van der Waals surface area contributed by atoms with E-state index < -0.39 is 5.97 Å². The van der Waals surface area contributed by atoms with Gasteiger partial charge in [-0.25, -0.2) is 4.98 Å². The summed E-state index contributed by atoms with van der Waals surface area (Å²) in [7, 11) is 0. The number of fused-ring (bicyclic) bond motifs is 2. The lowest BCUT2D eigenvalue weighted by Crippen LogP contribution is -2.53. The van der Waals surface area contributed by atoms with E-state index in [1.807, 2.05) is 54.6 Å². The van der Waals surface area contributed by atoms with Gasteiger partial charge >= 0.3 is 5.97 Å². The fraction of sp³-hybridized carbons (Fsp3) is 0.214. The lowest BCUT2D eigenvalue weighted by Gasteiger charge is -2.28. The third kappa shape index (κ3) is 4.23. The molecule has 0 radical (unpaired) electrons. The number of pyridine rings is 1. The number of halogens is 1. The van der Waals surface area contributed by atoms with Gasteiger partial charge in [0.05, 0.1) is 34.4 Å². The zero-order valence-electron chi connectivity index (χ0n) is 20.0. The average Bonchev–Trinajstić information content (AvgIpc) is 3.22. The van der Waals surface area contributed by atoms with Crippen LogP contribution in [0.4, 0.5) is 11.5 Å². The second kappa shape index (κ2) is 9.23. The van der Waals surface area contributed by atoms with E-state index >= 15 is 0 Å². The van der Waals surface area contributed by atoms with Crippen LogP contribution in [0.15, 0.2) is 88.4 Å². The smallest absolute Gasteiger partial charge is 0.306 e. The molecule has 8 nitrogen and oxygen atoms in total. The Morgan fingerprint density at radius 3 is 2.62 bits per heavy atom. The topological polar surface area (TPSA) is 113 Å². The van der Waals surface area contributed by atoms with E-state index in [0.717, 1.165) is 46.6 Å². The van der Waals surface area contributed by atoms with Crippen LogP contribution in [0, 0.1) is 11.8 Å². The summed E-state index contributed by atoms with van der Waals surface area (Å²) in [6.07, 6.45) is 7.94. The second-order valence-electron chi connectivity index (χ2n) is 9.66. The van der Waals surface area contributed by atoms with Gasteiger partial charge in [-0.05, 0) is 62.1 Å². The summed E-state index contributed by atoms with van der Waals surface area (Å²) in [5.41, 5.74) is 4.07. The molecule has 0 amide bonds. The number of hydrogen-bond donors (Lipinski definition) is 3. The molecular weight excluding hydrogens is 488 g/mol. The molecule has 1 aliphatic carbocycles. The van der Waals surface area contributed by atoms with E-state index in [4.69, 9.17) is 27.4 Å². The summed E-state index contributed by atoms with van der Waals surface area (Å²) in [6, 6.07) is 17.6. The number of nitrogens with one attached hydrogen (secondary N) is 1. The minimum absolute atomic E-state index is 0.112. The Bertz CT molecular complexity index is 1520. The van der Waals surface area contributed by atoms with Crippen molar-refractivity contribution >= 4 is 52.0 Å². The molecule has 2 aromatic carbocycles. The molecule has 1 aromatic heterocycles. The maximum atomic E-state index is 11.5. The number of nitrogens with two attached hydrogens (primary N) is 1. The highest BCUT2D eigenvalue weighted by Gasteiger charge is 2.47. The third-order valence-electron chi connectivity index (χ3n) is 7.35. The number of aliphatic imine (C=N–C) groups is 2. The molecule has 37 heavy (non-hydrogen) atoms. The van der Waals surface area contributed by atoms with Gasteiger partial charge in [-0.3, -0.25) is 9.79 Å². The minimum Gasteiger partial charge on any atom is -0.481 e. The Morgan fingerprint density at radius 1 is 1.08 bits per heavy atom. The van der Waals surface area contributed by atoms with E-state index in [0.29, 0.717) is 29.3 Å². The summed E-state index contributed by atoms with van der Waals surface area (Å²) in [5.74, 6) is 7.34. The van der Waals surface area contributed by atoms with Gasteiger partial charge in [0.15, 0.2) is 0 Å². The summed E-state index contributed by atoms with van der Waals surface area (Å²) in [4.78, 5) is 25.6. The molecule has 3 aromatic rings. The lowest BCUT2D eigenvalue weighted by molar-refractivity contribution is -0.750. The standard InChI is InChI=1S/C28H25ClN6O2/c29-22-14-19-10-11-25(32-20-4-2-1-3-5-20)33-23(19)15-21(22)27-34-26(24-16-31-12-13-35(24,27)30)17-6-8-18(9-7-17)28(36)37/h1-5,10-18H,6-9,30H2,(H-,32,33,36,37)/p+1. The number of benzene rings is 2. The monoisotopic (exact) mass is 513 g/mol. The molecule has 3 heterocycles. The van der Waals surface area contributed by atoms with Crippen molar-refractivity contribution in [2.75, 3.05) is 5.32 Å². The number of rotatable bonds is 5. The number of carbonyl (C=O) groups is 1. The second-order valence-corrected chi connectivity index (χ2v) is 10.1. The molecule has 186 valence electrons. The molecule has 1 fully saturated rings. The van der Waals surface area contributed by atoms with Crippen molar-refractivity contribution in [3.05, 3.63) is 89.0 Å². The number of amidine groups is 1. The van der Waals surface area contributed by atoms with E-state index in [2.05, 4.69) is 10.3 Å². The number of allylic oxidation sites excluding steroid dienone is 2. The molecule has 3 aliphatic rings. The molecule has 6 rings (SSSR count). The predicted molar refractivity (Wildman–Crippen MR) is 145 cm³/mol. The van der Waals surface area contributed by atoms with Crippen molar-refractivity contribution in [2.45, 2.75) is 25.7 Å². The Balaban J connectivity index is 1.38. The van der Waals surface area contributed by atoms with Crippen LogP contribution in [0.1, 0.15) is 31.2 Å². The molecule has 2 aliphatic heterocycles. The zero-order valence-corrected chi connectivity index (χ0v) is 20.8. The molecule has 1 saturated carbocycles. The van der Waals surface area contributed by atoms with Crippen LogP contribution >= 0.6 is 11.6 Å². The first kappa shape index (κ1) is 23.5. The maximum Gasteiger partial charge on any atom is 0.306 e. The van der Waals surface area contributed by atoms with Crippen LogP contribution in [0.3, 0.4) is 0 Å². The SMILES string of the molecule is N[N+]12C=CN=CC1=C(C1CCC(C(=O)O)CC1)N=C2c1cc2nc(Nc3ccccc3)ccc2cc1Cl. The molecular formula is C28H26ClN6O2+. The molecule has 0 saturated heterocycles. The van der Waals surface area contributed by atoms with Gasteiger partial charge in [0, 0.05) is 17.0 Å². The first-order valence-electron chi connectivity index (χ1n) is 12.3. The highest BCUT2D eigenvalue weighted by molar-refractivity contribution is 6.34. The summed E-state index contributed by atoms with van der Waals surface area (Å²) < 4.78 is -0.134. The van der Waals surface area contributed by atoms with Crippen LogP contribution < -0.4 is 11.2 Å². The van der Waals surface area contributed by atoms with Gasteiger partial charge in [-0.15, -0.1) is 4.59 Å². The summed E-state index contributed by atoms with van der Waals surface area (Å²) >= 11 is 6.80. The number of carboxylic acids is 1. The molecule has 1 atom stereocenters. The van der Waals surface area contributed by atoms with Crippen molar-refractivity contribution in [2.24, 2.45) is 27.7 Å². The van der Waals surface area contributed by atoms with E-state index in [-0.39, 0.29) is 16.4 Å². The van der Waals surface area contributed by atoms with Crippen LogP contribution in [0.2, 0.25) is 5.02 Å². The predicted octanol–water partition coefficient (Wildman–Crippen LogP) is 5.74. The van der Waals surface area contributed by atoms with E-state index in [9.17, 15) is 9.90 Å². The maximum absolute atomic E-state index is 11.5. The first-order valence-corrected chi connectivity index (χ1v) is 12.7. The van der Waals surface area contributed by atoms with Gasteiger partial charge in [-0.2, -0.15) is 10.8 Å². The molecule has 1 unspecified atom stereocenters. The Labute approximate surface area is 219 Å². The number of quaternary nitrogens is 1. The van der Waals surface area contributed by atoms with Gasteiger partial charge in [0.2, 0.25) is 5.70 Å². The average molecular weight is 514 g/mol. The first-order chi connectivity index (χ1) is 17.9. The van der Waals surface area contributed by atoms with Gasteiger partial charge in [0.1, 0.15) is 17.7 Å². The zero-order chi connectivity index (χ0) is 25.6. The number of aromatic nitrogens is 1. The Hall–Kier alpha value is -3.85. The number of hydrogen-bond acceptors (Lipinski definition) is 6. The quantitative estimate of drug-likeness (QED) is 0.297. The lowest BCUT2D eigenvalue weighted by atomic mass is 9.80. The van der Waals surface area contributed by atoms with Gasteiger partial charge in [0.25, 0.3) is 5.84 Å². The summed E-state index contributed by atoms with van der Waals surface area (Å²) in [6.45, 7) is 0. The number of nitrogens with zero attached hydrogens (tertiary/aromatic N) is 4.